The molecule has 3 heterocycles. The molecule has 0 bridgehead atoms. The zero-order chi connectivity index (χ0) is 22.3. The Labute approximate surface area is 190 Å². The van der Waals surface area contributed by atoms with Crippen LogP contribution in [0.1, 0.15) is 50.7 Å². The highest BCUT2D eigenvalue weighted by molar-refractivity contribution is 5.76. The van der Waals surface area contributed by atoms with E-state index in [1.54, 1.807) is 14.2 Å². The number of esters is 1. The molecule has 2 aliphatic carbocycles. The summed E-state index contributed by atoms with van der Waals surface area (Å²) in [5, 5.41) is 0. The first-order valence-corrected chi connectivity index (χ1v) is 12.2. The summed E-state index contributed by atoms with van der Waals surface area (Å²) in [5.74, 6) is 2.20. The standard InChI is InChI=1S/C26H35NO5/c1-15-6-5-8-25(2)12-21-22(23-26(15,25)32-23)18(24(28)31-21)14-27-9-7-16-10-19(29-3)20(30-4)11-17(16)13-27/h10-11,15,18,21-23H,5-9,12-14H2,1-4H3/t15-,18+,21-,22+,23+,25+,26-/m1/s1. The van der Waals surface area contributed by atoms with Gasteiger partial charge in [-0.25, -0.2) is 0 Å². The van der Waals surface area contributed by atoms with E-state index in [2.05, 4.69) is 30.9 Å². The minimum Gasteiger partial charge on any atom is -0.493 e. The third-order valence-electron chi connectivity index (χ3n) is 9.45. The molecule has 32 heavy (non-hydrogen) atoms. The number of rotatable bonds is 4. The fourth-order valence-electron chi connectivity index (χ4n) is 7.82. The van der Waals surface area contributed by atoms with E-state index in [0.29, 0.717) is 5.92 Å². The molecule has 6 heteroatoms. The molecule has 2 saturated heterocycles. The van der Waals surface area contributed by atoms with Crippen LogP contribution in [0.3, 0.4) is 0 Å². The van der Waals surface area contributed by atoms with E-state index in [1.807, 2.05) is 0 Å². The minimum absolute atomic E-state index is 0.0151. The fourth-order valence-corrected chi connectivity index (χ4v) is 7.82. The number of carbonyl (C=O) groups is 1. The van der Waals surface area contributed by atoms with Crippen molar-refractivity contribution in [2.24, 2.45) is 23.2 Å². The lowest BCUT2D eigenvalue weighted by atomic mass is 9.53. The van der Waals surface area contributed by atoms with Crippen molar-refractivity contribution in [3.63, 3.8) is 0 Å². The van der Waals surface area contributed by atoms with Gasteiger partial charge in [0.2, 0.25) is 0 Å². The lowest BCUT2D eigenvalue weighted by Gasteiger charge is -2.49. The molecular formula is C26H35NO5. The normalized spacial score (nSPS) is 42.2. The maximum Gasteiger partial charge on any atom is 0.311 e. The first-order valence-electron chi connectivity index (χ1n) is 12.2. The molecule has 1 aromatic carbocycles. The van der Waals surface area contributed by atoms with Gasteiger partial charge in [0.15, 0.2) is 11.5 Å². The zero-order valence-electron chi connectivity index (χ0n) is 19.7. The molecule has 6 rings (SSSR count). The van der Waals surface area contributed by atoms with Gasteiger partial charge in [0.1, 0.15) is 11.7 Å². The summed E-state index contributed by atoms with van der Waals surface area (Å²) in [6, 6.07) is 4.18. The van der Waals surface area contributed by atoms with Crippen molar-refractivity contribution in [2.45, 2.75) is 70.3 Å². The van der Waals surface area contributed by atoms with Crippen molar-refractivity contribution < 1.29 is 23.7 Å². The third-order valence-corrected chi connectivity index (χ3v) is 9.45. The zero-order valence-corrected chi connectivity index (χ0v) is 19.7. The van der Waals surface area contributed by atoms with Crippen molar-refractivity contribution in [3.05, 3.63) is 23.3 Å². The first-order chi connectivity index (χ1) is 15.4. The second-order valence-corrected chi connectivity index (χ2v) is 11.0. The Morgan fingerprint density at radius 3 is 2.69 bits per heavy atom. The van der Waals surface area contributed by atoms with Gasteiger partial charge in [0.05, 0.1) is 26.2 Å². The van der Waals surface area contributed by atoms with Gasteiger partial charge in [0, 0.05) is 31.0 Å². The second-order valence-electron chi connectivity index (χ2n) is 11.0. The molecule has 4 fully saturated rings. The highest BCUT2D eigenvalue weighted by Crippen LogP contribution is 2.70. The van der Waals surface area contributed by atoms with Crippen molar-refractivity contribution in [1.29, 1.82) is 0 Å². The van der Waals surface area contributed by atoms with Crippen LogP contribution in [0, 0.1) is 23.2 Å². The molecule has 0 amide bonds. The predicted octanol–water partition coefficient (Wildman–Crippen LogP) is 3.59. The Balaban J connectivity index is 1.22. The van der Waals surface area contributed by atoms with E-state index in [4.69, 9.17) is 18.9 Å². The average Bonchev–Trinajstić information content (AvgIpc) is 3.47. The van der Waals surface area contributed by atoms with E-state index < -0.39 is 0 Å². The van der Waals surface area contributed by atoms with Gasteiger partial charge in [-0.1, -0.05) is 20.3 Å². The molecule has 5 aliphatic rings. The number of ether oxygens (including phenoxy) is 4. The van der Waals surface area contributed by atoms with Gasteiger partial charge in [-0.15, -0.1) is 0 Å². The molecule has 0 unspecified atom stereocenters. The number of nitrogens with zero attached hydrogens (tertiary/aromatic N) is 1. The largest absolute Gasteiger partial charge is 0.493 e. The molecule has 174 valence electrons. The number of epoxide rings is 1. The van der Waals surface area contributed by atoms with Crippen LogP contribution < -0.4 is 9.47 Å². The molecule has 0 aromatic heterocycles. The van der Waals surface area contributed by atoms with E-state index in [-0.39, 0.29) is 41.0 Å². The Morgan fingerprint density at radius 1 is 1.19 bits per heavy atom. The molecule has 2 saturated carbocycles. The van der Waals surface area contributed by atoms with Gasteiger partial charge in [-0.05, 0) is 54.9 Å². The number of fused-ring (bicyclic) bond motifs is 3. The van der Waals surface area contributed by atoms with Crippen molar-refractivity contribution in [2.75, 3.05) is 27.3 Å². The van der Waals surface area contributed by atoms with Crippen molar-refractivity contribution in [3.8, 4) is 11.5 Å². The molecule has 3 aliphatic heterocycles. The molecule has 0 radical (unpaired) electrons. The summed E-state index contributed by atoms with van der Waals surface area (Å²) in [5.41, 5.74) is 2.68. The quantitative estimate of drug-likeness (QED) is 0.526. The Bertz CT molecular complexity index is 948. The Kier molecular flexibility index (Phi) is 4.61. The summed E-state index contributed by atoms with van der Waals surface area (Å²) in [6.07, 6.45) is 5.78. The average molecular weight is 442 g/mol. The number of carbonyl (C=O) groups excluding carboxylic acids is 1. The van der Waals surface area contributed by atoms with Gasteiger partial charge < -0.3 is 18.9 Å². The van der Waals surface area contributed by atoms with Crippen LogP contribution in [0.25, 0.3) is 0 Å². The van der Waals surface area contributed by atoms with Crippen molar-refractivity contribution in [1.82, 2.24) is 4.90 Å². The lowest BCUT2D eigenvalue weighted by Crippen LogP contribution is -2.54. The highest BCUT2D eigenvalue weighted by Gasteiger charge is 2.78. The molecule has 1 aromatic rings. The summed E-state index contributed by atoms with van der Waals surface area (Å²) >= 11 is 0. The molecule has 6 nitrogen and oxygen atoms in total. The van der Waals surface area contributed by atoms with Gasteiger partial charge in [-0.2, -0.15) is 0 Å². The molecule has 7 atom stereocenters. The lowest BCUT2D eigenvalue weighted by molar-refractivity contribution is -0.146. The topological polar surface area (TPSA) is 60.5 Å². The number of hydrogen-bond donors (Lipinski definition) is 0. The molecule has 0 N–H and O–H groups in total. The highest BCUT2D eigenvalue weighted by atomic mass is 16.6. The van der Waals surface area contributed by atoms with Crippen molar-refractivity contribution >= 4 is 5.97 Å². The van der Waals surface area contributed by atoms with E-state index in [0.717, 1.165) is 44.0 Å². The van der Waals surface area contributed by atoms with Gasteiger partial charge in [-0.3, -0.25) is 9.69 Å². The second kappa shape index (κ2) is 7.10. The number of hydrogen-bond acceptors (Lipinski definition) is 6. The number of methoxy groups -OCH3 is 2. The maximum atomic E-state index is 13.1. The SMILES string of the molecule is COc1cc2c(cc1OC)CN(C[C@@H]1C(=O)O[C@@H]3C[C@]4(C)CCC[C@@H](C)[C@]45O[C@H]5[C@@H]13)CC2. The van der Waals surface area contributed by atoms with Gasteiger partial charge in [0.25, 0.3) is 0 Å². The van der Waals surface area contributed by atoms with Gasteiger partial charge >= 0.3 is 5.97 Å². The predicted molar refractivity (Wildman–Crippen MR) is 119 cm³/mol. The third kappa shape index (κ3) is 2.75. The summed E-state index contributed by atoms with van der Waals surface area (Å²) in [4.78, 5) is 15.5. The molecular weight excluding hydrogens is 406 g/mol. The maximum absolute atomic E-state index is 13.1. The number of benzene rings is 1. The van der Waals surface area contributed by atoms with Crippen LogP contribution in [0.4, 0.5) is 0 Å². The fraction of sp³-hybridized carbons (Fsp3) is 0.731. The van der Waals surface area contributed by atoms with Crippen LogP contribution in [-0.2, 0) is 27.2 Å². The van der Waals surface area contributed by atoms with E-state index in [9.17, 15) is 4.79 Å². The van der Waals surface area contributed by atoms with Crippen LogP contribution in [0.2, 0.25) is 0 Å². The minimum atomic E-state index is -0.0928. The van der Waals surface area contributed by atoms with E-state index >= 15 is 0 Å². The van der Waals surface area contributed by atoms with Crippen LogP contribution in [0.15, 0.2) is 12.1 Å². The van der Waals surface area contributed by atoms with Crippen LogP contribution in [-0.4, -0.2) is 56.0 Å². The van der Waals surface area contributed by atoms with Crippen LogP contribution in [0.5, 0.6) is 11.5 Å². The smallest absolute Gasteiger partial charge is 0.311 e. The molecule has 1 spiro atoms. The summed E-state index contributed by atoms with van der Waals surface area (Å²) < 4.78 is 23.6. The summed E-state index contributed by atoms with van der Waals surface area (Å²) in [7, 11) is 3.35. The monoisotopic (exact) mass is 441 g/mol. The summed E-state index contributed by atoms with van der Waals surface area (Å²) in [6.45, 7) is 7.24. The first kappa shape index (κ1) is 20.8. The Hall–Kier alpha value is -1.79. The Morgan fingerprint density at radius 2 is 1.94 bits per heavy atom. The van der Waals surface area contributed by atoms with Crippen LogP contribution >= 0.6 is 0 Å². The van der Waals surface area contributed by atoms with E-state index in [1.165, 1.54) is 30.4 Å².